The van der Waals surface area contributed by atoms with E-state index in [1.165, 1.54) is 6.92 Å². The molecule has 2 aromatic rings. The molecule has 1 aliphatic heterocycles. The van der Waals surface area contributed by atoms with Crippen molar-refractivity contribution in [1.29, 1.82) is 0 Å². The number of ether oxygens (including phenoxy) is 1. The first kappa shape index (κ1) is 19.8. The van der Waals surface area contributed by atoms with E-state index >= 15 is 0 Å². The molecule has 0 atom stereocenters. The summed E-state index contributed by atoms with van der Waals surface area (Å²) < 4.78 is 5.31. The van der Waals surface area contributed by atoms with E-state index < -0.39 is 0 Å². The molecule has 2 amide bonds. The van der Waals surface area contributed by atoms with Crippen LogP contribution in [0.1, 0.15) is 17.3 Å². The lowest BCUT2D eigenvalue weighted by Crippen LogP contribution is -2.41. The van der Waals surface area contributed by atoms with Crippen LogP contribution >= 0.6 is 0 Å². The number of carbonyl (C=O) groups excluding carboxylic acids is 2. The summed E-state index contributed by atoms with van der Waals surface area (Å²) in [6.07, 6.45) is 1.55. The van der Waals surface area contributed by atoms with Gasteiger partial charge in [-0.15, -0.1) is 0 Å². The van der Waals surface area contributed by atoms with Gasteiger partial charge in [0.2, 0.25) is 5.91 Å². The van der Waals surface area contributed by atoms with Gasteiger partial charge in [-0.3, -0.25) is 14.5 Å². The summed E-state index contributed by atoms with van der Waals surface area (Å²) in [4.78, 5) is 29.8. The number of hydrogen-bond acceptors (Lipinski definition) is 6. The maximum absolute atomic E-state index is 12.2. The highest BCUT2D eigenvalue weighted by molar-refractivity contribution is 5.94. The Labute approximate surface area is 164 Å². The summed E-state index contributed by atoms with van der Waals surface area (Å²) in [5.74, 6) is 0.394. The maximum atomic E-state index is 12.2. The van der Waals surface area contributed by atoms with E-state index in [1.54, 1.807) is 30.5 Å². The number of benzene rings is 1. The molecule has 3 N–H and O–H groups in total. The van der Waals surface area contributed by atoms with Crippen molar-refractivity contribution < 1.29 is 14.3 Å². The van der Waals surface area contributed by atoms with Gasteiger partial charge in [-0.25, -0.2) is 4.98 Å². The van der Waals surface area contributed by atoms with Crippen molar-refractivity contribution >= 4 is 29.0 Å². The molecule has 2 heterocycles. The predicted molar refractivity (Wildman–Crippen MR) is 108 cm³/mol. The number of nitrogens with zero attached hydrogens (tertiary/aromatic N) is 2. The lowest BCUT2D eigenvalue weighted by molar-refractivity contribution is -0.114. The number of amides is 2. The van der Waals surface area contributed by atoms with Crippen LogP contribution in [-0.2, 0) is 9.53 Å². The van der Waals surface area contributed by atoms with Crippen molar-refractivity contribution in [3.05, 3.63) is 48.2 Å². The molecule has 0 spiro atoms. The van der Waals surface area contributed by atoms with Crippen molar-refractivity contribution in [3.8, 4) is 0 Å². The fraction of sp³-hybridized carbons (Fsp3) is 0.350. The number of morpholine rings is 1. The van der Waals surface area contributed by atoms with E-state index in [2.05, 4.69) is 25.8 Å². The van der Waals surface area contributed by atoms with E-state index in [1.807, 2.05) is 12.1 Å². The summed E-state index contributed by atoms with van der Waals surface area (Å²) in [7, 11) is 0. The van der Waals surface area contributed by atoms with Crippen molar-refractivity contribution in [2.75, 3.05) is 50.0 Å². The van der Waals surface area contributed by atoms with E-state index in [9.17, 15) is 9.59 Å². The molecule has 28 heavy (non-hydrogen) atoms. The molecule has 0 unspecified atom stereocenters. The summed E-state index contributed by atoms with van der Waals surface area (Å²) in [5, 5.41) is 8.80. The third kappa shape index (κ3) is 6.04. The zero-order chi connectivity index (χ0) is 19.8. The van der Waals surface area contributed by atoms with E-state index in [0.29, 0.717) is 17.9 Å². The lowest BCUT2D eigenvalue weighted by Gasteiger charge is -2.26. The van der Waals surface area contributed by atoms with Gasteiger partial charge >= 0.3 is 0 Å². The summed E-state index contributed by atoms with van der Waals surface area (Å²) in [6, 6.07) is 10.8. The fourth-order valence-electron chi connectivity index (χ4n) is 2.84. The van der Waals surface area contributed by atoms with Crippen molar-refractivity contribution in [3.63, 3.8) is 0 Å². The third-order valence-corrected chi connectivity index (χ3v) is 4.32. The molecule has 8 heteroatoms. The van der Waals surface area contributed by atoms with Gasteiger partial charge in [0.15, 0.2) is 0 Å². The van der Waals surface area contributed by atoms with Gasteiger partial charge in [0.1, 0.15) is 5.82 Å². The Balaban J connectivity index is 1.47. The minimum atomic E-state index is -0.132. The molecule has 1 aliphatic rings. The van der Waals surface area contributed by atoms with Crippen LogP contribution in [0.4, 0.5) is 17.2 Å². The van der Waals surface area contributed by atoms with Gasteiger partial charge in [-0.2, -0.15) is 0 Å². The fourth-order valence-corrected chi connectivity index (χ4v) is 2.84. The lowest BCUT2D eigenvalue weighted by atomic mass is 10.2. The van der Waals surface area contributed by atoms with Crippen LogP contribution in [0.15, 0.2) is 42.6 Å². The summed E-state index contributed by atoms with van der Waals surface area (Å²) >= 11 is 0. The molecule has 0 saturated carbocycles. The molecule has 1 aromatic heterocycles. The highest BCUT2D eigenvalue weighted by Gasteiger charge is 2.11. The van der Waals surface area contributed by atoms with Crippen molar-refractivity contribution in [1.82, 2.24) is 15.2 Å². The van der Waals surface area contributed by atoms with Gasteiger partial charge < -0.3 is 20.7 Å². The number of hydrogen-bond donors (Lipinski definition) is 3. The van der Waals surface area contributed by atoms with E-state index in [-0.39, 0.29) is 11.8 Å². The van der Waals surface area contributed by atoms with Crippen LogP contribution in [0.5, 0.6) is 0 Å². The average molecular weight is 383 g/mol. The minimum Gasteiger partial charge on any atom is -0.379 e. The predicted octanol–water partition coefficient (Wildman–Crippen LogP) is 1.85. The van der Waals surface area contributed by atoms with Gasteiger partial charge in [0, 0.05) is 50.7 Å². The Morgan fingerprint density at radius 1 is 1.07 bits per heavy atom. The largest absolute Gasteiger partial charge is 0.379 e. The Morgan fingerprint density at radius 2 is 1.79 bits per heavy atom. The second-order valence-corrected chi connectivity index (χ2v) is 6.53. The van der Waals surface area contributed by atoms with Crippen LogP contribution in [-0.4, -0.2) is 61.1 Å². The number of rotatable bonds is 7. The van der Waals surface area contributed by atoms with Crippen LogP contribution in [0.2, 0.25) is 0 Å². The summed E-state index contributed by atoms with van der Waals surface area (Å²) in [6.45, 7) is 6.20. The molecule has 1 aromatic carbocycles. The smallest absolute Gasteiger partial charge is 0.252 e. The normalized spacial score (nSPS) is 14.3. The van der Waals surface area contributed by atoms with Crippen molar-refractivity contribution in [2.45, 2.75) is 6.92 Å². The number of carbonyl (C=O) groups is 2. The zero-order valence-electron chi connectivity index (χ0n) is 15.9. The average Bonchev–Trinajstić information content (AvgIpc) is 2.70. The standard InChI is InChI=1S/C20H25N5O3/c1-15(26)23-17-3-5-18(6-4-17)24-19-7-2-16(14-22-19)20(27)21-8-9-25-10-12-28-13-11-25/h2-7,14H,8-13H2,1H3,(H,21,27)(H,22,24)(H,23,26). The van der Waals surface area contributed by atoms with Crippen LogP contribution in [0.3, 0.4) is 0 Å². The maximum Gasteiger partial charge on any atom is 0.252 e. The monoisotopic (exact) mass is 383 g/mol. The molecule has 0 aliphatic carbocycles. The Morgan fingerprint density at radius 3 is 2.43 bits per heavy atom. The van der Waals surface area contributed by atoms with Gasteiger partial charge in [-0.05, 0) is 36.4 Å². The van der Waals surface area contributed by atoms with Gasteiger partial charge in [-0.1, -0.05) is 0 Å². The summed E-state index contributed by atoms with van der Waals surface area (Å²) in [5.41, 5.74) is 2.09. The molecular formula is C20H25N5O3. The van der Waals surface area contributed by atoms with Crippen LogP contribution < -0.4 is 16.0 Å². The van der Waals surface area contributed by atoms with Crippen LogP contribution in [0, 0.1) is 0 Å². The molecule has 1 fully saturated rings. The van der Waals surface area contributed by atoms with Gasteiger partial charge in [0.05, 0.1) is 18.8 Å². The Hall–Kier alpha value is -2.97. The minimum absolute atomic E-state index is 0.110. The second kappa shape index (κ2) is 9.82. The number of pyridine rings is 1. The zero-order valence-corrected chi connectivity index (χ0v) is 15.9. The Kier molecular flexibility index (Phi) is 6.94. The van der Waals surface area contributed by atoms with E-state index in [0.717, 1.165) is 44.2 Å². The number of anilines is 3. The van der Waals surface area contributed by atoms with Gasteiger partial charge in [0.25, 0.3) is 5.91 Å². The Bertz CT molecular complexity index is 786. The molecule has 0 radical (unpaired) electrons. The molecule has 1 saturated heterocycles. The first-order valence-electron chi connectivity index (χ1n) is 9.29. The number of nitrogens with one attached hydrogen (secondary N) is 3. The highest BCUT2D eigenvalue weighted by atomic mass is 16.5. The third-order valence-electron chi connectivity index (χ3n) is 4.32. The SMILES string of the molecule is CC(=O)Nc1ccc(Nc2ccc(C(=O)NCCN3CCOCC3)cn2)cc1. The van der Waals surface area contributed by atoms with Crippen molar-refractivity contribution in [2.24, 2.45) is 0 Å². The topological polar surface area (TPSA) is 95.6 Å². The molecule has 0 bridgehead atoms. The highest BCUT2D eigenvalue weighted by Crippen LogP contribution is 2.17. The second-order valence-electron chi connectivity index (χ2n) is 6.53. The molecule has 148 valence electrons. The van der Waals surface area contributed by atoms with Crippen LogP contribution in [0.25, 0.3) is 0 Å². The molecule has 8 nitrogen and oxygen atoms in total. The number of aromatic nitrogens is 1. The first-order valence-corrected chi connectivity index (χ1v) is 9.29. The van der Waals surface area contributed by atoms with E-state index in [4.69, 9.17) is 4.74 Å². The quantitative estimate of drug-likeness (QED) is 0.675. The molecular weight excluding hydrogens is 358 g/mol. The molecule has 3 rings (SSSR count). The first-order chi connectivity index (χ1) is 13.6.